The number of terminal acetylenes is 1. The maximum Gasteiger partial charge on any atom is 0.223 e. The first kappa shape index (κ1) is 14.9. The van der Waals surface area contributed by atoms with Crippen molar-refractivity contribution in [2.24, 2.45) is 5.92 Å². The number of aliphatic hydroxyl groups is 1. The molecule has 0 saturated heterocycles. The highest BCUT2D eigenvalue weighted by Crippen LogP contribution is 2.28. The van der Waals surface area contributed by atoms with Crippen molar-refractivity contribution < 1.29 is 9.90 Å². The molecule has 0 heterocycles. The summed E-state index contributed by atoms with van der Waals surface area (Å²) in [5, 5.41) is 13.0. The standard InChI is InChI=1S/C16H18ClNO2/c1-3-11-4-7-14(15(17)8-11)10(2)18-16(20)12-5-6-13(19)9-12/h1,4,7-8,10,12-13,19H,5-6,9H2,2H3,(H,18,20)/t10-,12+,13+/m1/s1. The lowest BCUT2D eigenvalue weighted by molar-refractivity contribution is -0.125. The Hall–Kier alpha value is -1.50. The fourth-order valence-electron chi connectivity index (χ4n) is 2.57. The zero-order chi connectivity index (χ0) is 14.7. The van der Waals surface area contributed by atoms with Crippen molar-refractivity contribution in [2.75, 3.05) is 0 Å². The highest BCUT2D eigenvalue weighted by atomic mass is 35.5. The van der Waals surface area contributed by atoms with E-state index >= 15 is 0 Å². The lowest BCUT2D eigenvalue weighted by atomic mass is 10.0. The van der Waals surface area contributed by atoms with Gasteiger partial charge in [0.05, 0.1) is 12.1 Å². The van der Waals surface area contributed by atoms with Crippen LogP contribution >= 0.6 is 11.6 Å². The average Bonchev–Trinajstić information content (AvgIpc) is 2.85. The average molecular weight is 292 g/mol. The van der Waals surface area contributed by atoms with E-state index in [1.54, 1.807) is 6.07 Å². The van der Waals surface area contributed by atoms with E-state index in [0.29, 0.717) is 17.9 Å². The van der Waals surface area contributed by atoms with E-state index in [9.17, 15) is 9.90 Å². The van der Waals surface area contributed by atoms with Crippen molar-refractivity contribution in [3.8, 4) is 12.3 Å². The summed E-state index contributed by atoms with van der Waals surface area (Å²) in [5.41, 5.74) is 1.56. The minimum absolute atomic E-state index is 0.0221. The number of carbonyl (C=O) groups is 1. The summed E-state index contributed by atoms with van der Waals surface area (Å²) in [7, 11) is 0. The highest BCUT2D eigenvalue weighted by molar-refractivity contribution is 6.31. The van der Waals surface area contributed by atoms with Crippen LogP contribution in [-0.4, -0.2) is 17.1 Å². The predicted octanol–water partition coefficient (Wildman–Crippen LogP) is 2.66. The van der Waals surface area contributed by atoms with Crippen molar-refractivity contribution in [1.29, 1.82) is 0 Å². The summed E-state index contributed by atoms with van der Waals surface area (Å²) in [5.74, 6) is 2.40. The third-order valence-electron chi connectivity index (χ3n) is 3.77. The second kappa shape index (κ2) is 6.30. The van der Waals surface area contributed by atoms with Crippen LogP contribution in [0.3, 0.4) is 0 Å². The molecule has 1 aliphatic rings. The molecule has 1 aliphatic carbocycles. The molecule has 2 N–H and O–H groups in total. The summed E-state index contributed by atoms with van der Waals surface area (Å²) in [6.07, 6.45) is 6.95. The van der Waals surface area contributed by atoms with E-state index in [2.05, 4.69) is 11.2 Å². The van der Waals surface area contributed by atoms with Gasteiger partial charge in [0, 0.05) is 16.5 Å². The molecule has 2 rings (SSSR count). The summed E-state index contributed by atoms with van der Waals surface area (Å²) in [6.45, 7) is 1.89. The lowest BCUT2D eigenvalue weighted by Gasteiger charge is -2.18. The molecule has 1 saturated carbocycles. The molecule has 0 aliphatic heterocycles. The Morgan fingerprint density at radius 3 is 2.85 bits per heavy atom. The molecule has 0 radical (unpaired) electrons. The normalized spacial score (nSPS) is 23.1. The van der Waals surface area contributed by atoms with E-state index in [1.165, 1.54) is 0 Å². The van der Waals surface area contributed by atoms with Crippen LogP contribution < -0.4 is 5.32 Å². The van der Waals surface area contributed by atoms with Crippen LogP contribution in [0.4, 0.5) is 0 Å². The fraction of sp³-hybridized carbons (Fsp3) is 0.438. The molecular formula is C16H18ClNO2. The van der Waals surface area contributed by atoms with Gasteiger partial charge in [-0.15, -0.1) is 6.42 Å². The zero-order valence-corrected chi connectivity index (χ0v) is 12.2. The number of carbonyl (C=O) groups excluding carboxylic acids is 1. The summed E-state index contributed by atoms with van der Waals surface area (Å²) in [4.78, 5) is 12.1. The van der Waals surface area contributed by atoms with Gasteiger partial charge in [0.2, 0.25) is 5.91 Å². The first-order valence-electron chi connectivity index (χ1n) is 6.75. The first-order chi connectivity index (χ1) is 9.51. The van der Waals surface area contributed by atoms with Crippen molar-refractivity contribution in [2.45, 2.75) is 38.3 Å². The van der Waals surface area contributed by atoms with Crippen LogP contribution in [-0.2, 0) is 4.79 Å². The predicted molar refractivity (Wildman–Crippen MR) is 79.3 cm³/mol. The molecule has 106 valence electrons. The first-order valence-corrected chi connectivity index (χ1v) is 7.13. The topological polar surface area (TPSA) is 49.3 Å². The number of hydrogen-bond donors (Lipinski definition) is 2. The molecule has 4 heteroatoms. The number of benzene rings is 1. The molecule has 0 bridgehead atoms. The van der Waals surface area contributed by atoms with Crippen LogP contribution in [0.1, 0.15) is 43.4 Å². The van der Waals surface area contributed by atoms with Gasteiger partial charge in [-0.3, -0.25) is 4.79 Å². The maximum atomic E-state index is 12.1. The molecular weight excluding hydrogens is 274 g/mol. The smallest absolute Gasteiger partial charge is 0.223 e. The SMILES string of the molecule is C#Cc1ccc([C@@H](C)NC(=O)[C@H]2CC[C@H](O)C2)c(Cl)c1. The molecule has 0 spiro atoms. The molecule has 3 nitrogen and oxygen atoms in total. The molecule has 3 atom stereocenters. The molecule has 1 aromatic rings. The van der Waals surface area contributed by atoms with Gasteiger partial charge in [-0.25, -0.2) is 0 Å². The van der Waals surface area contributed by atoms with E-state index in [4.69, 9.17) is 18.0 Å². The van der Waals surface area contributed by atoms with E-state index in [-0.39, 0.29) is 24.0 Å². The number of rotatable bonds is 3. The molecule has 1 amide bonds. The van der Waals surface area contributed by atoms with Gasteiger partial charge in [-0.2, -0.15) is 0 Å². The van der Waals surface area contributed by atoms with Gasteiger partial charge in [0.15, 0.2) is 0 Å². The number of halogens is 1. The van der Waals surface area contributed by atoms with Crippen molar-refractivity contribution in [3.05, 3.63) is 34.3 Å². The van der Waals surface area contributed by atoms with Crippen LogP contribution in [0, 0.1) is 18.3 Å². The van der Waals surface area contributed by atoms with Gasteiger partial charge in [0.1, 0.15) is 0 Å². The lowest BCUT2D eigenvalue weighted by Crippen LogP contribution is -2.32. The van der Waals surface area contributed by atoms with Crippen molar-refractivity contribution in [3.63, 3.8) is 0 Å². The van der Waals surface area contributed by atoms with Crippen LogP contribution in [0.5, 0.6) is 0 Å². The maximum absolute atomic E-state index is 12.1. The Balaban J connectivity index is 2.03. The van der Waals surface area contributed by atoms with E-state index in [0.717, 1.165) is 17.5 Å². The zero-order valence-electron chi connectivity index (χ0n) is 11.4. The summed E-state index contributed by atoms with van der Waals surface area (Å²) in [6, 6.07) is 5.19. The van der Waals surface area contributed by atoms with E-state index in [1.807, 2.05) is 19.1 Å². The highest BCUT2D eigenvalue weighted by Gasteiger charge is 2.29. The number of amides is 1. The molecule has 0 aromatic heterocycles. The largest absolute Gasteiger partial charge is 0.393 e. The number of hydrogen-bond acceptors (Lipinski definition) is 2. The summed E-state index contributed by atoms with van der Waals surface area (Å²) < 4.78 is 0. The van der Waals surface area contributed by atoms with Gasteiger partial charge in [-0.05, 0) is 43.9 Å². The molecule has 20 heavy (non-hydrogen) atoms. The molecule has 1 fully saturated rings. The van der Waals surface area contributed by atoms with Gasteiger partial charge < -0.3 is 10.4 Å². The van der Waals surface area contributed by atoms with Crippen LogP contribution in [0.15, 0.2) is 18.2 Å². The van der Waals surface area contributed by atoms with Gasteiger partial charge in [-0.1, -0.05) is 23.6 Å². The molecule has 1 aromatic carbocycles. The third-order valence-corrected chi connectivity index (χ3v) is 4.10. The van der Waals surface area contributed by atoms with Gasteiger partial charge in [0.25, 0.3) is 0 Å². The van der Waals surface area contributed by atoms with Crippen molar-refractivity contribution >= 4 is 17.5 Å². The minimum atomic E-state index is -0.348. The second-order valence-electron chi connectivity index (χ2n) is 5.27. The fourth-order valence-corrected chi connectivity index (χ4v) is 2.92. The van der Waals surface area contributed by atoms with Crippen molar-refractivity contribution in [1.82, 2.24) is 5.32 Å². The summed E-state index contributed by atoms with van der Waals surface area (Å²) >= 11 is 6.18. The second-order valence-corrected chi connectivity index (χ2v) is 5.68. The Bertz CT molecular complexity index is 550. The Morgan fingerprint density at radius 2 is 2.30 bits per heavy atom. The third kappa shape index (κ3) is 3.33. The molecule has 0 unspecified atom stereocenters. The number of nitrogens with one attached hydrogen (secondary N) is 1. The Morgan fingerprint density at radius 1 is 1.55 bits per heavy atom. The quantitative estimate of drug-likeness (QED) is 0.841. The minimum Gasteiger partial charge on any atom is -0.393 e. The Labute approximate surface area is 124 Å². The van der Waals surface area contributed by atoms with Crippen LogP contribution in [0.2, 0.25) is 5.02 Å². The van der Waals surface area contributed by atoms with Gasteiger partial charge >= 0.3 is 0 Å². The monoisotopic (exact) mass is 291 g/mol. The Kier molecular flexibility index (Phi) is 4.69. The number of aliphatic hydroxyl groups excluding tert-OH is 1. The van der Waals surface area contributed by atoms with Crippen LogP contribution in [0.25, 0.3) is 0 Å². The van der Waals surface area contributed by atoms with E-state index < -0.39 is 0 Å².